The summed E-state index contributed by atoms with van der Waals surface area (Å²) in [6.45, 7) is 6.46. The molecule has 88 valence electrons. The van der Waals surface area contributed by atoms with Crippen LogP contribution in [0.2, 0.25) is 0 Å². The van der Waals surface area contributed by atoms with Crippen LogP contribution in [0, 0.1) is 5.41 Å². The molecule has 1 N–H and O–H groups in total. The van der Waals surface area contributed by atoms with Crippen molar-refractivity contribution in [3.63, 3.8) is 0 Å². The standard InChI is InChI=1S/C12H19N3O/c1-8(2)10-14-15-11(16-10)9-7-12(9)3-5-13-6-4-12/h8-9,13H,3-7H2,1-2H3. The number of hydrogen-bond donors (Lipinski definition) is 1. The van der Waals surface area contributed by atoms with Gasteiger partial charge in [-0.1, -0.05) is 13.8 Å². The van der Waals surface area contributed by atoms with Crippen LogP contribution < -0.4 is 5.32 Å². The second kappa shape index (κ2) is 3.55. The molecule has 2 heterocycles. The quantitative estimate of drug-likeness (QED) is 0.830. The van der Waals surface area contributed by atoms with E-state index in [9.17, 15) is 0 Å². The van der Waals surface area contributed by atoms with Gasteiger partial charge in [-0.2, -0.15) is 0 Å². The summed E-state index contributed by atoms with van der Waals surface area (Å²) in [6, 6.07) is 0. The fraction of sp³-hybridized carbons (Fsp3) is 0.833. The van der Waals surface area contributed by atoms with E-state index in [0.717, 1.165) is 24.9 Å². The fourth-order valence-corrected chi connectivity index (χ4v) is 2.79. The van der Waals surface area contributed by atoms with E-state index in [1.807, 2.05) is 0 Å². The Morgan fingerprint density at radius 1 is 1.31 bits per heavy atom. The Morgan fingerprint density at radius 2 is 2.06 bits per heavy atom. The number of hydrogen-bond acceptors (Lipinski definition) is 4. The molecule has 0 radical (unpaired) electrons. The van der Waals surface area contributed by atoms with Gasteiger partial charge in [0.25, 0.3) is 0 Å². The molecule has 1 aliphatic heterocycles. The summed E-state index contributed by atoms with van der Waals surface area (Å²) in [5.74, 6) is 2.54. The van der Waals surface area contributed by atoms with Crippen molar-refractivity contribution in [2.24, 2.45) is 5.41 Å². The number of aromatic nitrogens is 2. The van der Waals surface area contributed by atoms with Crippen LogP contribution in [0.1, 0.15) is 56.7 Å². The molecule has 1 unspecified atom stereocenters. The highest BCUT2D eigenvalue weighted by atomic mass is 16.4. The summed E-state index contributed by atoms with van der Waals surface area (Å²) < 4.78 is 5.75. The molecule has 1 saturated heterocycles. The van der Waals surface area contributed by atoms with Crippen molar-refractivity contribution in [3.8, 4) is 0 Å². The lowest BCUT2D eigenvalue weighted by atomic mass is 9.92. The molecule has 1 saturated carbocycles. The molecular formula is C12H19N3O. The van der Waals surface area contributed by atoms with Crippen LogP contribution in [-0.2, 0) is 0 Å². The van der Waals surface area contributed by atoms with E-state index in [0.29, 0.717) is 17.3 Å². The number of nitrogens with zero attached hydrogens (tertiary/aromatic N) is 2. The van der Waals surface area contributed by atoms with E-state index in [2.05, 4.69) is 29.4 Å². The Hall–Kier alpha value is -0.900. The molecule has 2 aliphatic rings. The Kier molecular flexibility index (Phi) is 2.28. The second-order valence-electron chi connectivity index (χ2n) is 5.50. The number of piperidine rings is 1. The minimum atomic E-state index is 0.337. The summed E-state index contributed by atoms with van der Waals surface area (Å²) in [6.07, 6.45) is 3.77. The van der Waals surface area contributed by atoms with Gasteiger partial charge in [-0.15, -0.1) is 10.2 Å². The summed E-state index contributed by atoms with van der Waals surface area (Å²) in [4.78, 5) is 0. The zero-order valence-electron chi connectivity index (χ0n) is 9.99. The molecule has 1 aromatic heterocycles. The molecule has 1 atom stereocenters. The average Bonchev–Trinajstić information content (AvgIpc) is 2.79. The van der Waals surface area contributed by atoms with Crippen LogP contribution in [0.15, 0.2) is 4.42 Å². The Morgan fingerprint density at radius 3 is 2.69 bits per heavy atom. The molecule has 1 aliphatic carbocycles. The van der Waals surface area contributed by atoms with Crippen molar-refractivity contribution in [1.29, 1.82) is 0 Å². The maximum absolute atomic E-state index is 5.75. The van der Waals surface area contributed by atoms with Gasteiger partial charge in [0, 0.05) is 11.8 Å². The van der Waals surface area contributed by atoms with E-state index in [1.54, 1.807) is 0 Å². The summed E-state index contributed by atoms with van der Waals surface area (Å²) in [7, 11) is 0. The van der Waals surface area contributed by atoms with Gasteiger partial charge >= 0.3 is 0 Å². The molecule has 0 bridgehead atoms. The molecule has 1 spiro atoms. The van der Waals surface area contributed by atoms with E-state index < -0.39 is 0 Å². The largest absolute Gasteiger partial charge is 0.425 e. The Balaban J connectivity index is 1.74. The van der Waals surface area contributed by atoms with Gasteiger partial charge in [-0.05, 0) is 37.8 Å². The normalized spacial score (nSPS) is 27.6. The molecule has 4 nitrogen and oxygen atoms in total. The van der Waals surface area contributed by atoms with Crippen LogP contribution in [0.25, 0.3) is 0 Å². The van der Waals surface area contributed by atoms with Gasteiger partial charge in [-0.25, -0.2) is 0 Å². The van der Waals surface area contributed by atoms with Gasteiger partial charge in [0.1, 0.15) is 0 Å². The first-order chi connectivity index (χ1) is 7.71. The van der Waals surface area contributed by atoms with Crippen molar-refractivity contribution in [2.45, 2.75) is 44.9 Å². The Labute approximate surface area is 95.8 Å². The van der Waals surface area contributed by atoms with Crippen molar-refractivity contribution in [1.82, 2.24) is 15.5 Å². The van der Waals surface area contributed by atoms with Gasteiger partial charge in [0.05, 0.1) is 0 Å². The molecule has 0 aromatic carbocycles. The van der Waals surface area contributed by atoms with Crippen LogP contribution in [0.5, 0.6) is 0 Å². The van der Waals surface area contributed by atoms with Gasteiger partial charge in [-0.3, -0.25) is 0 Å². The highest BCUT2D eigenvalue weighted by molar-refractivity contribution is 5.17. The topological polar surface area (TPSA) is 51.0 Å². The van der Waals surface area contributed by atoms with E-state index >= 15 is 0 Å². The third kappa shape index (κ3) is 1.56. The first-order valence-electron chi connectivity index (χ1n) is 6.25. The molecule has 1 aromatic rings. The van der Waals surface area contributed by atoms with Crippen molar-refractivity contribution < 1.29 is 4.42 Å². The molecule has 0 amide bonds. The van der Waals surface area contributed by atoms with Crippen LogP contribution in [0.4, 0.5) is 0 Å². The number of rotatable bonds is 2. The van der Waals surface area contributed by atoms with Gasteiger partial charge in [0.2, 0.25) is 11.8 Å². The molecule has 2 fully saturated rings. The maximum atomic E-state index is 5.75. The SMILES string of the molecule is CC(C)c1nnc(C2CC23CCNCC3)o1. The monoisotopic (exact) mass is 221 g/mol. The average molecular weight is 221 g/mol. The van der Waals surface area contributed by atoms with Crippen LogP contribution in [0.3, 0.4) is 0 Å². The molecule has 16 heavy (non-hydrogen) atoms. The van der Waals surface area contributed by atoms with E-state index in [-0.39, 0.29) is 0 Å². The van der Waals surface area contributed by atoms with Crippen molar-refractivity contribution >= 4 is 0 Å². The lowest BCUT2D eigenvalue weighted by Gasteiger charge is -2.22. The lowest BCUT2D eigenvalue weighted by molar-refractivity contribution is 0.323. The second-order valence-corrected chi connectivity index (χ2v) is 5.50. The zero-order valence-corrected chi connectivity index (χ0v) is 9.99. The number of nitrogens with one attached hydrogen (secondary N) is 1. The van der Waals surface area contributed by atoms with Crippen molar-refractivity contribution in [2.75, 3.05) is 13.1 Å². The Bertz CT molecular complexity index is 379. The summed E-state index contributed by atoms with van der Waals surface area (Å²) in [5, 5.41) is 11.7. The summed E-state index contributed by atoms with van der Waals surface area (Å²) >= 11 is 0. The predicted octanol–water partition coefficient (Wildman–Crippen LogP) is 2.05. The third-order valence-corrected chi connectivity index (χ3v) is 4.04. The molecule has 3 rings (SSSR count). The smallest absolute Gasteiger partial charge is 0.220 e. The van der Waals surface area contributed by atoms with E-state index in [1.165, 1.54) is 19.3 Å². The van der Waals surface area contributed by atoms with Crippen LogP contribution in [-0.4, -0.2) is 23.3 Å². The van der Waals surface area contributed by atoms with E-state index in [4.69, 9.17) is 4.42 Å². The lowest BCUT2D eigenvalue weighted by Crippen LogP contribution is -2.29. The summed E-state index contributed by atoms with van der Waals surface area (Å²) in [5.41, 5.74) is 0.492. The molecular weight excluding hydrogens is 202 g/mol. The van der Waals surface area contributed by atoms with Gasteiger partial charge < -0.3 is 9.73 Å². The highest BCUT2D eigenvalue weighted by Crippen LogP contribution is 2.63. The van der Waals surface area contributed by atoms with Gasteiger partial charge in [0.15, 0.2) is 0 Å². The van der Waals surface area contributed by atoms with Crippen LogP contribution >= 0.6 is 0 Å². The van der Waals surface area contributed by atoms with Crippen molar-refractivity contribution in [3.05, 3.63) is 11.8 Å². The maximum Gasteiger partial charge on any atom is 0.220 e. The minimum absolute atomic E-state index is 0.337. The molecule has 4 heteroatoms. The predicted molar refractivity (Wildman–Crippen MR) is 60.3 cm³/mol. The first kappa shape index (κ1) is 10.3. The highest BCUT2D eigenvalue weighted by Gasteiger charge is 2.57. The zero-order chi connectivity index (χ0) is 11.2. The minimum Gasteiger partial charge on any atom is -0.425 e. The third-order valence-electron chi connectivity index (χ3n) is 4.04. The first-order valence-corrected chi connectivity index (χ1v) is 6.25. The fourth-order valence-electron chi connectivity index (χ4n) is 2.79.